The third-order valence-corrected chi connectivity index (χ3v) is 2.17. The fraction of sp³-hybridized carbons (Fsp3) is 0. The molecule has 4 nitrogen and oxygen atoms in total. The molecule has 1 amide bonds. The van der Waals surface area contributed by atoms with Crippen LogP contribution in [0.3, 0.4) is 0 Å². The summed E-state index contributed by atoms with van der Waals surface area (Å²) in [5, 5.41) is 2.67. The monoisotopic (exact) mass is 251 g/mol. The maximum absolute atomic E-state index is 13.2. The van der Waals surface area contributed by atoms with Crippen molar-refractivity contribution in [1.82, 2.24) is 9.97 Å². The highest BCUT2D eigenvalue weighted by atomic mass is 35.5. The van der Waals surface area contributed by atoms with E-state index in [2.05, 4.69) is 15.3 Å². The second-order valence-electron chi connectivity index (χ2n) is 3.14. The Morgan fingerprint density at radius 3 is 2.82 bits per heavy atom. The van der Waals surface area contributed by atoms with Gasteiger partial charge in [0.2, 0.25) is 5.95 Å². The fourth-order valence-electron chi connectivity index (χ4n) is 1.22. The Labute approximate surface area is 101 Å². The van der Waals surface area contributed by atoms with Crippen LogP contribution >= 0.6 is 11.6 Å². The maximum Gasteiger partial charge on any atom is 0.261 e. The summed E-state index contributed by atoms with van der Waals surface area (Å²) in [5.74, 6) is -1.19. The van der Waals surface area contributed by atoms with E-state index in [0.717, 1.165) is 0 Å². The van der Waals surface area contributed by atoms with Gasteiger partial charge in [-0.15, -0.1) is 0 Å². The quantitative estimate of drug-likeness (QED) is 0.835. The molecule has 0 aromatic carbocycles. The summed E-state index contributed by atoms with van der Waals surface area (Å²) in [6, 6.07) is 7.57. The van der Waals surface area contributed by atoms with E-state index < -0.39 is 11.9 Å². The van der Waals surface area contributed by atoms with E-state index in [1.165, 1.54) is 18.3 Å². The van der Waals surface area contributed by atoms with E-state index in [9.17, 15) is 9.18 Å². The van der Waals surface area contributed by atoms with E-state index in [1.807, 2.05) is 0 Å². The van der Waals surface area contributed by atoms with Crippen molar-refractivity contribution in [3.63, 3.8) is 0 Å². The van der Waals surface area contributed by atoms with Crippen LogP contribution in [0.1, 0.15) is 10.4 Å². The molecule has 2 heterocycles. The Kier molecular flexibility index (Phi) is 3.30. The van der Waals surface area contributed by atoms with Crippen LogP contribution in [0, 0.1) is 5.95 Å². The first-order valence-corrected chi connectivity index (χ1v) is 5.09. The molecule has 0 fully saturated rings. The van der Waals surface area contributed by atoms with Gasteiger partial charge in [-0.05, 0) is 24.3 Å². The van der Waals surface area contributed by atoms with Gasteiger partial charge in [-0.25, -0.2) is 9.97 Å². The van der Waals surface area contributed by atoms with Crippen LogP contribution in [0.4, 0.5) is 10.2 Å². The van der Waals surface area contributed by atoms with Gasteiger partial charge in [0.05, 0.1) is 5.56 Å². The number of nitrogens with zero attached hydrogens (tertiary/aromatic N) is 2. The largest absolute Gasteiger partial charge is 0.306 e. The minimum atomic E-state index is -0.827. The van der Waals surface area contributed by atoms with E-state index in [4.69, 9.17) is 11.6 Å². The normalized spacial score (nSPS) is 10.0. The van der Waals surface area contributed by atoms with Crippen LogP contribution in [0.25, 0.3) is 0 Å². The van der Waals surface area contributed by atoms with E-state index in [-0.39, 0.29) is 16.5 Å². The predicted molar refractivity (Wildman–Crippen MR) is 61.4 cm³/mol. The number of carbonyl (C=O) groups excluding carboxylic acids is 1. The molecule has 0 aliphatic rings. The van der Waals surface area contributed by atoms with Crippen LogP contribution < -0.4 is 5.32 Å². The van der Waals surface area contributed by atoms with Gasteiger partial charge >= 0.3 is 0 Å². The zero-order valence-corrected chi connectivity index (χ0v) is 9.28. The highest BCUT2D eigenvalue weighted by Crippen LogP contribution is 2.11. The summed E-state index contributed by atoms with van der Waals surface area (Å²) >= 11 is 5.66. The summed E-state index contributed by atoms with van der Waals surface area (Å²) < 4.78 is 13.2. The Bertz CT molecular complexity index is 562. The summed E-state index contributed by atoms with van der Waals surface area (Å²) in [7, 11) is 0. The molecule has 2 aromatic rings. The highest BCUT2D eigenvalue weighted by Gasteiger charge is 2.12. The summed E-state index contributed by atoms with van der Waals surface area (Å²) in [5.41, 5.74) is -0.144. The molecular weight excluding hydrogens is 245 g/mol. The molecule has 0 unspecified atom stereocenters. The number of rotatable bonds is 2. The van der Waals surface area contributed by atoms with Crippen molar-refractivity contribution in [2.75, 3.05) is 5.32 Å². The van der Waals surface area contributed by atoms with Crippen LogP contribution in [0.5, 0.6) is 0 Å². The Morgan fingerprint density at radius 1 is 1.29 bits per heavy atom. The number of halogens is 2. The molecule has 0 aliphatic heterocycles. The van der Waals surface area contributed by atoms with Gasteiger partial charge in [-0.3, -0.25) is 4.79 Å². The van der Waals surface area contributed by atoms with Crippen molar-refractivity contribution >= 4 is 23.3 Å². The zero-order chi connectivity index (χ0) is 12.3. The molecule has 0 spiro atoms. The average Bonchev–Trinajstić information content (AvgIpc) is 2.29. The molecule has 0 atom stereocenters. The molecule has 0 saturated heterocycles. The Hall–Kier alpha value is -2.01. The standard InChI is InChI=1S/C11H7ClFN3O/c12-8-4-1-5-9(15-8)16-11(17)7-3-2-6-14-10(7)13/h1-6H,(H,15,16,17). The van der Waals surface area contributed by atoms with Crippen LogP contribution in [-0.4, -0.2) is 15.9 Å². The van der Waals surface area contributed by atoms with Gasteiger partial charge in [0.1, 0.15) is 11.0 Å². The number of carbonyl (C=O) groups is 1. The lowest BCUT2D eigenvalue weighted by Crippen LogP contribution is -2.15. The van der Waals surface area contributed by atoms with Gasteiger partial charge in [-0.2, -0.15) is 4.39 Å². The van der Waals surface area contributed by atoms with Gasteiger partial charge in [0.15, 0.2) is 0 Å². The summed E-state index contributed by atoms with van der Waals surface area (Å²) in [6.07, 6.45) is 1.27. The maximum atomic E-state index is 13.2. The number of amides is 1. The number of pyridine rings is 2. The SMILES string of the molecule is O=C(Nc1cccc(Cl)n1)c1cccnc1F. The first-order valence-electron chi connectivity index (χ1n) is 4.71. The van der Waals surface area contributed by atoms with Gasteiger partial charge < -0.3 is 5.32 Å². The van der Waals surface area contributed by atoms with Crippen molar-refractivity contribution in [2.45, 2.75) is 0 Å². The summed E-state index contributed by atoms with van der Waals surface area (Å²) in [4.78, 5) is 18.9. The molecule has 86 valence electrons. The first kappa shape index (κ1) is 11.5. The van der Waals surface area contributed by atoms with Crippen molar-refractivity contribution in [3.8, 4) is 0 Å². The molecule has 6 heteroatoms. The lowest BCUT2D eigenvalue weighted by atomic mass is 10.2. The second kappa shape index (κ2) is 4.88. The zero-order valence-electron chi connectivity index (χ0n) is 8.52. The molecule has 0 radical (unpaired) electrons. The number of hydrogen-bond acceptors (Lipinski definition) is 3. The van der Waals surface area contributed by atoms with Crippen LogP contribution in [0.2, 0.25) is 5.15 Å². The molecule has 2 aromatic heterocycles. The lowest BCUT2D eigenvalue weighted by Gasteiger charge is -2.04. The van der Waals surface area contributed by atoms with E-state index in [0.29, 0.717) is 0 Å². The minimum absolute atomic E-state index is 0.144. The number of nitrogens with one attached hydrogen (secondary N) is 1. The highest BCUT2D eigenvalue weighted by molar-refractivity contribution is 6.29. The Morgan fingerprint density at radius 2 is 2.12 bits per heavy atom. The third-order valence-electron chi connectivity index (χ3n) is 1.96. The lowest BCUT2D eigenvalue weighted by molar-refractivity contribution is 0.102. The van der Waals surface area contributed by atoms with E-state index >= 15 is 0 Å². The third kappa shape index (κ3) is 2.76. The molecule has 17 heavy (non-hydrogen) atoms. The van der Waals surface area contributed by atoms with Crippen molar-refractivity contribution in [2.24, 2.45) is 0 Å². The van der Waals surface area contributed by atoms with Gasteiger partial charge in [-0.1, -0.05) is 17.7 Å². The smallest absolute Gasteiger partial charge is 0.261 e. The summed E-state index contributed by atoms with van der Waals surface area (Å²) in [6.45, 7) is 0. The van der Waals surface area contributed by atoms with Gasteiger partial charge in [0, 0.05) is 6.20 Å². The number of hydrogen-bond donors (Lipinski definition) is 1. The second-order valence-corrected chi connectivity index (χ2v) is 3.53. The number of aromatic nitrogens is 2. The Balaban J connectivity index is 2.20. The van der Waals surface area contributed by atoms with Crippen LogP contribution in [-0.2, 0) is 0 Å². The first-order chi connectivity index (χ1) is 8.16. The average molecular weight is 252 g/mol. The molecule has 1 N–H and O–H groups in total. The van der Waals surface area contributed by atoms with Crippen molar-refractivity contribution in [1.29, 1.82) is 0 Å². The van der Waals surface area contributed by atoms with Crippen LogP contribution in [0.15, 0.2) is 36.5 Å². The van der Waals surface area contributed by atoms with Gasteiger partial charge in [0.25, 0.3) is 5.91 Å². The minimum Gasteiger partial charge on any atom is -0.306 e. The predicted octanol–water partition coefficient (Wildman–Crippen LogP) is 2.52. The fourth-order valence-corrected chi connectivity index (χ4v) is 1.38. The molecular formula is C11H7ClFN3O. The topological polar surface area (TPSA) is 54.9 Å². The van der Waals surface area contributed by atoms with Crippen molar-refractivity contribution in [3.05, 3.63) is 53.2 Å². The molecule has 0 bridgehead atoms. The molecule has 0 saturated carbocycles. The molecule has 0 aliphatic carbocycles. The number of anilines is 1. The van der Waals surface area contributed by atoms with E-state index in [1.54, 1.807) is 18.2 Å². The molecule has 2 rings (SSSR count). The van der Waals surface area contributed by atoms with Crippen molar-refractivity contribution < 1.29 is 9.18 Å².